The molecule has 1 aliphatic heterocycles. The number of β-amino-alcohol motifs (C(OH)–C–C–N with tert-alkyl or cyclic N) is 1. The number of aliphatic hydroxyl groups excluding tert-OH is 1. The molecule has 1 aliphatic rings. The first-order chi connectivity index (χ1) is 11.7. The van der Waals surface area contributed by atoms with Crippen LogP contribution in [0.1, 0.15) is 30.1 Å². The molecule has 0 saturated carbocycles. The summed E-state index contributed by atoms with van der Waals surface area (Å²) < 4.78 is 18.9. The molecule has 0 spiro atoms. The van der Waals surface area contributed by atoms with E-state index >= 15 is 0 Å². The molecule has 0 radical (unpaired) electrons. The highest BCUT2D eigenvalue weighted by Crippen LogP contribution is 2.24. The number of aliphatic hydroxyl groups is 1. The van der Waals surface area contributed by atoms with Gasteiger partial charge in [-0.15, -0.1) is 0 Å². The number of hydrogen-bond acceptors (Lipinski definition) is 5. The third kappa shape index (κ3) is 4.59. The van der Waals surface area contributed by atoms with Crippen LogP contribution in [0.25, 0.3) is 0 Å². The summed E-state index contributed by atoms with van der Waals surface area (Å²) in [7, 11) is 0. The van der Waals surface area contributed by atoms with Crippen molar-refractivity contribution in [3.8, 4) is 0 Å². The van der Waals surface area contributed by atoms with Crippen molar-refractivity contribution in [1.82, 2.24) is 20.1 Å². The normalized spacial score (nSPS) is 17.9. The molecule has 24 heavy (non-hydrogen) atoms. The van der Waals surface area contributed by atoms with Crippen LogP contribution in [0.2, 0.25) is 0 Å². The Morgan fingerprint density at radius 1 is 1.33 bits per heavy atom. The molecule has 2 aromatic rings. The van der Waals surface area contributed by atoms with Crippen LogP contribution >= 0.6 is 0 Å². The molecule has 2 heterocycles. The number of aromatic nitrogens is 3. The zero-order chi connectivity index (χ0) is 16.8. The molecule has 6 nitrogen and oxygen atoms in total. The number of benzene rings is 1. The minimum atomic E-state index is -0.571. The van der Waals surface area contributed by atoms with E-state index in [1.807, 2.05) is 0 Å². The molecule has 1 saturated heterocycles. The zero-order valence-corrected chi connectivity index (χ0v) is 13.6. The Kier molecular flexibility index (Phi) is 5.90. The van der Waals surface area contributed by atoms with Crippen LogP contribution in [0.15, 0.2) is 30.6 Å². The second-order valence-electron chi connectivity index (χ2n) is 6.21. The smallest absolute Gasteiger partial charge is 0.137 e. The number of nitrogens with zero attached hydrogens (tertiary/aromatic N) is 3. The molecular formula is C17H23FN4O2. The summed E-state index contributed by atoms with van der Waals surface area (Å²) >= 11 is 0. The monoisotopic (exact) mass is 334 g/mol. The Labute approximate surface area is 140 Å². The molecule has 1 unspecified atom stereocenters. The minimum Gasteiger partial charge on any atom is -0.389 e. The second kappa shape index (κ2) is 8.32. The van der Waals surface area contributed by atoms with Gasteiger partial charge in [-0.25, -0.2) is 9.37 Å². The summed E-state index contributed by atoms with van der Waals surface area (Å²) in [6, 6.07) is 6.52. The van der Waals surface area contributed by atoms with E-state index in [1.165, 1.54) is 6.07 Å². The fourth-order valence-corrected chi connectivity index (χ4v) is 3.07. The number of ether oxygens (including phenoxy) is 1. The summed E-state index contributed by atoms with van der Waals surface area (Å²) in [6.45, 7) is 2.78. The van der Waals surface area contributed by atoms with Gasteiger partial charge in [-0.1, -0.05) is 18.2 Å². The predicted octanol–water partition coefficient (Wildman–Crippen LogP) is 1.70. The lowest BCUT2D eigenvalue weighted by molar-refractivity contribution is 0.00538. The van der Waals surface area contributed by atoms with Gasteiger partial charge in [0.25, 0.3) is 0 Å². The van der Waals surface area contributed by atoms with Gasteiger partial charge in [-0.2, -0.15) is 5.10 Å². The van der Waals surface area contributed by atoms with E-state index in [1.54, 1.807) is 24.5 Å². The van der Waals surface area contributed by atoms with Crippen LogP contribution in [0.3, 0.4) is 0 Å². The van der Waals surface area contributed by atoms with Crippen molar-refractivity contribution in [2.24, 2.45) is 0 Å². The zero-order valence-electron chi connectivity index (χ0n) is 13.6. The standard InChI is InChI=1S/C17H23FN4O2/c18-16-4-2-1-3-14(16)10-24-11-15(23)9-22-7-5-13(6-8-22)17-19-12-20-21-17/h1-4,12-13,15,23H,5-11H2,(H,19,20,21). The molecule has 0 aliphatic carbocycles. The lowest BCUT2D eigenvalue weighted by atomic mass is 9.96. The molecule has 7 heteroatoms. The van der Waals surface area contributed by atoms with Crippen molar-refractivity contribution in [2.75, 3.05) is 26.2 Å². The van der Waals surface area contributed by atoms with Crippen molar-refractivity contribution >= 4 is 0 Å². The quantitative estimate of drug-likeness (QED) is 0.806. The van der Waals surface area contributed by atoms with Crippen LogP contribution in [0.4, 0.5) is 4.39 Å². The maximum absolute atomic E-state index is 13.5. The van der Waals surface area contributed by atoms with Crippen molar-refractivity contribution < 1.29 is 14.2 Å². The Hall–Kier alpha value is -1.83. The molecule has 1 aromatic carbocycles. The van der Waals surface area contributed by atoms with Crippen molar-refractivity contribution in [2.45, 2.75) is 31.5 Å². The molecule has 2 N–H and O–H groups in total. The average Bonchev–Trinajstić information content (AvgIpc) is 3.12. The van der Waals surface area contributed by atoms with E-state index in [4.69, 9.17) is 4.74 Å². The van der Waals surface area contributed by atoms with E-state index in [0.29, 0.717) is 18.0 Å². The van der Waals surface area contributed by atoms with E-state index in [-0.39, 0.29) is 19.0 Å². The van der Waals surface area contributed by atoms with E-state index in [9.17, 15) is 9.50 Å². The van der Waals surface area contributed by atoms with E-state index in [0.717, 1.165) is 31.8 Å². The van der Waals surface area contributed by atoms with Crippen LogP contribution in [-0.4, -0.2) is 57.5 Å². The molecule has 1 aromatic heterocycles. The summed E-state index contributed by atoms with van der Waals surface area (Å²) in [4.78, 5) is 6.44. The Morgan fingerprint density at radius 2 is 2.12 bits per heavy atom. The van der Waals surface area contributed by atoms with Crippen LogP contribution in [0, 0.1) is 5.82 Å². The SMILES string of the molecule is OC(COCc1ccccc1F)CN1CCC(c2ncn[nH]2)CC1. The fraction of sp³-hybridized carbons (Fsp3) is 0.529. The van der Waals surface area contributed by atoms with Gasteiger partial charge < -0.3 is 14.7 Å². The largest absolute Gasteiger partial charge is 0.389 e. The van der Waals surface area contributed by atoms with Crippen molar-refractivity contribution in [3.05, 3.63) is 47.8 Å². The molecule has 1 atom stereocenters. The summed E-state index contributed by atoms with van der Waals surface area (Å²) in [5.41, 5.74) is 0.512. The molecule has 0 amide bonds. The Balaban J connectivity index is 1.35. The Morgan fingerprint density at radius 3 is 2.83 bits per heavy atom. The van der Waals surface area contributed by atoms with Gasteiger partial charge >= 0.3 is 0 Å². The van der Waals surface area contributed by atoms with Gasteiger partial charge in [0.1, 0.15) is 18.0 Å². The van der Waals surface area contributed by atoms with E-state index in [2.05, 4.69) is 20.1 Å². The molecule has 0 bridgehead atoms. The highest BCUT2D eigenvalue weighted by atomic mass is 19.1. The average molecular weight is 334 g/mol. The van der Waals surface area contributed by atoms with Gasteiger partial charge in [0.15, 0.2) is 0 Å². The molecule has 3 rings (SSSR count). The first-order valence-electron chi connectivity index (χ1n) is 8.29. The number of likely N-dealkylation sites (tertiary alicyclic amines) is 1. The van der Waals surface area contributed by atoms with Gasteiger partial charge in [0, 0.05) is 18.0 Å². The third-order valence-corrected chi connectivity index (χ3v) is 4.40. The van der Waals surface area contributed by atoms with Gasteiger partial charge in [0.05, 0.1) is 19.3 Å². The third-order valence-electron chi connectivity index (χ3n) is 4.40. The second-order valence-corrected chi connectivity index (χ2v) is 6.21. The number of aromatic amines is 1. The number of hydrogen-bond donors (Lipinski definition) is 2. The van der Waals surface area contributed by atoms with Crippen LogP contribution in [-0.2, 0) is 11.3 Å². The topological polar surface area (TPSA) is 74.3 Å². The van der Waals surface area contributed by atoms with Crippen molar-refractivity contribution in [1.29, 1.82) is 0 Å². The first-order valence-corrected chi connectivity index (χ1v) is 8.29. The highest BCUT2D eigenvalue weighted by molar-refractivity contribution is 5.16. The first kappa shape index (κ1) is 17.0. The number of nitrogens with one attached hydrogen (secondary N) is 1. The van der Waals surface area contributed by atoms with Crippen LogP contribution < -0.4 is 0 Å². The fourth-order valence-electron chi connectivity index (χ4n) is 3.07. The number of piperidine rings is 1. The minimum absolute atomic E-state index is 0.178. The molecular weight excluding hydrogens is 311 g/mol. The van der Waals surface area contributed by atoms with Gasteiger partial charge in [-0.05, 0) is 32.0 Å². The summed E-state index contributed by atoms with van der Waals surface area (Å²) in [5, 5.41) is 16.9. The number of H-pyrrole nitrogens is 1. The summed E-state index contributed by atoms with van der Waals surface area (Å²) in [6.07, 6.45) is 2.97. The number of halogens is 1. The highest BCUT2D eigenvalue weighted by Gasteiger charge is 2.23. The van der Waals surface area contributed by atoms with Gasteiger partial charge in [0.2, 0.25) is 0 Å². The van der Waals surface area contributed by atoms with Crippen molar-refractivity contribution in [3.63, 3.8) is 0 Å². The Bertz CT molecular complexity index is 615. The lowest BCUT2D eigenvalue weighted by Crippen LogP contribution is -2.40. The summed E-state index contributed by atoms with van der Waals surface area (Å²) in [5.74, 6) is 1.09. The molecule has 130 valence electrons. The van der Waals surface area contributed by atoms with Gasteiger partial charge in [-0.3, -0.25) is 5.10 Å². The maximum atomic E-state index is 13.5. The number of rotatable bonds is 7. The molecule has 1 fully saturated rings. The van der Waals surface area contributed by atoms with Crippen LogP contribution in [0.5, 0.6) is 0 Å². The predicted molar refractivity (Wildman–Crippen MR) is 86.9 cm³/mol. The maximum Gasteiger partial charge on any atom is 0.137 e. The van der Waals surface area contributed by atoms with E-state index < -0.39 is 6.10 Å². The lowest BCUT2D eigenvalue weighted by Gasteiger charge is -2.32.